The Morgan fingerprint density at radius 3 is 2.53 bits per heavy atom. The van der Waals surface area contributed by atoms with Gasteiger partial charge in [-0.05, 0) is 38.0 Å². The quantitative estimate of drug-likeness (QED) is 0.623. The standard InChI is InChI=1S/C21H26F3N5O/c1-14-15(11-25-27(14)2)12-28-8-6-17(7-9-28)29-19-5-4-16(21(22,23)24)10-18(19)26-20(29)13-30-3/h4-5,10-11,17H,6-9,12-13H2,1-3H3. The molecule has 30 heavy (non-hydrogen) atoms. The van der Waals surface area contributed by atoms with Gasteiger partial charge in [0, 0.05) is 51.1 Å². The van der Waals surface area contributed by atoms with Crippen molar-refractivity contribution in [3.63, 3.8) is 0 Å². The Morgan fingerprint density at radius 1 is 1.20 bits per heavy atom. The summed E-state index contributed by atoms with van der Waals surface area (Å²) >= 11 is 0. The molecule has 1 aliphatic rings. The summed E-state index contributed by atoms with van der Waals surface area (Å²) in [5.74, 6) is 0.674. The fraction of sp³-hybridized carbons (Fsp3) is 0.524. The molecule has 0 saturated carbocycles. The average molecular weight is 421 g/mol. The Bertz CT molecular complexity index is 1030. The Labute approximate surface area is 173 Å². The van der Waals surface area contributed by atoms with Crippen LogP contribution in [0, 0.1) is 6.92 Å². The summed E-state index contributed by atoms with van der Waals surface area (Å²) in [5, 5.41) is 4.31. The van der Waals surface area contributed by atoms with Crippen molar-refractivity contribution in [2.45, 2.75) is 45.1 Å². The summed E-state index contributed by atoms with van der Waals surface area (Å²) in [7, 11) is 3.51. The molecule has 1 saturated heterocycles. The molecular formula is C21H26F3N5O. The van der Waals surface area contributed by atoms with Crippen molar-refractivity contribution >= 4 is 11.0 Å². The van der Waals surface area contributed by atoms with E-state index in [0.717, 1.165) is 50.1 Å². The first kappa shape index (κ1) is 20.9. The lowest BCUT2D eigenvalue weighted by molar-refractivity contribution is -0.137. The molecule has 3 aromatic rings. The molecule has 3 heterocycles. The fourth-order valence-corrected chi connectivity index (χ4v) is 4.24. The minimum absolute atomic E-state index is 0.183. The number of alkyl halides is 3. The average Bonchev–Trinajstić information content (AvgIpc) is 3.22. The van der Waals surface area contributed by atoms with Gasteiger partial charge < -0.3 is 9.30 Å². The van der Waals surface area contributed by atoms with E-state index in [1.165, 1.54) is 17.3 Å². The van der Waals surface area contributed by atoms with Gasteiger partial charge in [0.15, 0.2) is 0 Å². The third-order valence-corrected chi connectivity index (χ3v) is 6.02. The third kappa shape index (κ3) is 3.96. The maximum Gasteiger partial charge on any atom is 0.416 e. The maximum atomic E-state index is 13.1. The minimum Gasteiger partial charge on any atom is -0.377 e. The van der Waals surface area contributed by atoms with Crippen LogP contribution >= 0.6 is 0 Å². The SMILES string of the molecule is COCc1nc2cc(C(F)(F)F)ccc2n1C1CCN(Cc2cnn(C)c2C)CC1. The summed E-state index contributed by atoms with van der Waals surface area (Å²) in [4.78, 5) is 6.87. The second kappa shape index (κ2) is 8.03. The number of hydrogen-bond donors (Lipinski definition) is 0. The van der Waals surface area contributed by atoms with Gasteiger partial charge in [0.05, 0.1) is 22.8 Å². The molecule has 162 valence electrons. The van der Waals surface area contributed by atoms with Crippen LogP contribution in [0.4, 0.5) is 13.2 Å². The first-order chi connectivity index (χ1) is 14.3. The van der Waals surface area contributed by atoms with Gasteiger partial charge in [-0.2, -0.15) is 18.3 Å². The number of benzene rings is 1. The summed E-state index contributed by atoms with van der Waals surface area (Å²) in [5.41, 5.74) is 2.82. The van der Waals surface area contributed by atoms with Gasteiger partial charge in [0.25, 0.3) is 0 Å². The van der Waals surface area contributed by atoms with Gasteiger partial charge in [-0.1, -0.05) is 0 Å². The van der Waals surface area contributed by atoms with Gasteiger partial charge in [0.2, 0.25) is 0 Å². The Balaban J connectivity index is 1.55. The predicted octanol–water partition coefficient (Wildman–Crippen LogP) is 4.08. The molecule has 0 unspecified atom stereocenters. The number of aryl methyl sites for hydroxylation is 1. The van der Waals surface area contributed by atoms with Crippen LogP contribution in [-0.4, -0.2) is 44.4 Å². The van der Waals surface area contributed by atoms with E-state index < -0.39 is 11.7 Å². The van der Waals surface area contributed by atoms with Crippen molar-refractivity contribution in [3.05, 3.63) is 47.0 Å². The highest BCUT2D eigenvalue weighted by Crippen LogP contribution is 2.34. The van der Waals surface area contributed by atoms with Crippen LogP contribution in [0.3, 0.4) is 0 Å². The number of likely N-dealkylation sites (tertiary alicyclic amines) is 1. The maximum absolute atomic E-state index is 13.1. The van der Waals surface area contributed by atoms with E-state index in [1.807, 2.05) is 17.9 Å². The highest BCUT2D eigenvalue weighted by Gasteiger charge is 2.32. The second-order valence-electron chi connectivity index (χ2n) is 7.92. The lowest BCUT2D eigenvalue weighted by atomic mass is 10.0. The van der Waals surface area contributed by atoms with E-state index in [9.17, 15) is 13.2 Å². The molecule has 0 N–H and O–H groups in total. The molecule has 0 atom stereocenters. The summed E-state index contributed by atoms with van der Waals surface area (Å²) in [6, 6.07) is 3.99. The number of methoxy groups -OCH3 is 1. The van der Waals surface area contributed by atoms with Crippen LogP contribution in [0.5, 0.6) is 0 Å². The lowest BCUT2D eigenvalue weighted by Gasteiger charge is -2.33. The molecule has 0 radical (unpaired) electrons. The van der Waals surface area contributed by atoms with Crippen molar-refractivity contribution in [2.75, 3.05) is 20.2 Å². The number of aromatic nitrogens is 4. The molecule has 1 aliphatic heterocycles. The zero-order valence-electron chi connectivity index (χ0n) is 17.4. The Kier molecular flexibility index (Phi) is 5.59. The topological polar surface area (TPSA) is 48.1 Å². The summed E-state index contributed by atoms with van der Waals surface area (Å²) in [6.07, 6.45) is -0.653. The smallest absolute Gasteiger partial charge is 0.377 e. The Morgan fingerprint density at radius 2 is 1.93 bits per heavy atom. The molecule has 0 bridgehead atoms. The lowest BCUT2D eigenvalue weighted by Crippen LogP contribution is -2.34. The zero-order chi connectivity index (χ0) is 21.5. The Hall–Kier alpha value is -2.39. The van der Waals surface area contributed by atoms with Crippen LogP contribution in [0.15, 0.2) is 24.4 Å². The normalized spacial score (nSPS) is 16.6. The van der Waals surface area contributed by atoms with Crippen molar-refractivity contribution in [1.29, 1.82) is 0 Å². The third-order valence-electron chi connectivity index (χ3n) is 6.02. The van der Waals surface area contributed by atoms with E-state index in [-0.39, 0.29) is 12.6 Å². The monoisotopic (exact) mass is 421 g/mol. The number of halogens is 3. The highest BCUT2D eigenvalue weighted by molar-refractivity contribution is 5.77. The zero-order valence-corrected chi connectivity index (χ0v) is 17.4. The molecule has 4 rings (SSSR count). The predicted molar refractivity (Wildman–Crippen MR) is 107 cm³/mol. The molecule has 2 aromatic heterocycles. The van der Waals surface area contributed by atoms with Gasteiger partial charge in [-0.3, -0.25) is 9.58 Å². The number of ether oxygens (including phenoxy) is 1. The van der Waals surface area contributed by atoms with Gasteiger partial charge >= 0.3 is 6.18 Å². The molecule has 6 nitrogen and oxygen atoms in total. The van der Waals surface area contributed by atoms with Crippen LogP contribution < -0.4 is 0 Å². The van der Waals surface area contributed by atoms with Crippen molar-refractivity contribution in [3.8, 4) is 0 Å². The number of piperidine rings is 1. The van der Waals surface area contributed by atoms with Crippen LogP contribution in [0.25, 0.3) is 11.0 Å². The number of rotatable bonds is 5. The van der Waals surface area contributed by atoms with Crippen molar-refractivity contribution in [2.24, 2.45) is 7.05 Å². The highest BCUT2D eigenvalue weighted by atomic mass is 19.4. The number of nitrogens with zero attached hydrogens (tertiary/aromatic N) is 5. The van der Waals surface area contributed by atoms with E-state index in [0.29, 0.717) is 11.3 Å². The first-order valence-corrected chi connectivity index (χ1v) is 10.0. The van der Waals surface area contributed by atoms with E-state index in [2.05, 4.69) is 26.5 Å². The second-order valence-corrected chi connectivity index (χ2v) is 7.92. The van der Waals surface area contributed by atoms with Crippen molar-refractivity contribution in [1.82, 2.24) is 24.2 Å². The molecule has 0 aliphatic carbocycles. The van der Waals surface area contributed by atoms with Gasteiger partial charge in [0.1, 0.15) is 12.4 Å². The summed E-state index contributed by atoms with van der Waals surface area (Å²) in [6.45, 7) is 5.01. The first-order valence-electron chi connectivity index (χ1n) is 10.0. The number of hydrogen-bond acceptors (Lipinski definition) is 4. The largest absolute Gasteiger partial charge is 0.416 e. The molecule has 1 aromatic carbocycles. The van der Waals surface area contributed by atoms with Crippen LogP contribution in [0.1, 0.15) is 41.5 Å². The van der Waals surface area contributed by atoms with Gasteiger partial charge in [-0.25, -0.2) is 4.98 Å². The fourth-order valence-electron chi connectivity index (χ4n) is 4.24. The molecule has 0 amide bonds. The number of imidazole rings is 1. The van der Waals surface area contributed by atoms with E-state index in [4.69, 9.17) is 4.74 Å². The van der Waals surface area contributed by atoms with Crippen LogP contribution in [-0.2, 0) is 31.1 Å². The molecular weight excluding hydrogens is 395 g/mol. The van der Waals surface area contributed by atoms with E-state index >= 15 is 0 Å². The van der Waals surface area contributed by atoms with E-state index in [1.54, 1.807) is 7.11 Å². The van der Waals surface area contributed by atoms with Crippen LogP contribution in [0.2, 0.25) is 0 Å². The molecule has 1 fully saturated rings. The van der Waals surface area contributed by atoms with Crippen molar-refractivity contribution < 1.29 is 17.9 Å². The molecule has 0 spiro atoms. The molecule has 9 heteroatoms. The summed E-state index contributed by atoms with van der Waals surface area (Å²) < 4.78 is 48.6. The van der Waals surface area contributed by atoms with Gasteiger partial charge in [-0.15, -0.1) is 0 Å². The minimum atomic E-state index is -4.38. The number of fused-ring (bicyclic) bond motifs is 1.